The maximum atomic E-state index is 14.1. The second-order valence-electron chi connectivity index (χ2n) is 6.64. The summed E-state index contributed by atoms with van der Waals surface area (Å²) in [6, 6.07) is 6.00. The van der Waals surface area contributed by atoms with E-state index >= 15 is 0 Å². The quantitative estimate of drug-likeness (QED) is 0.273. The van der Waals surface area contributed by atoms with E-state index in [1.807, 2.05) is 0 Å². The van der Waals surface area contributed by atoms with Crippen molar-refractivity contribution in [2.45, 2.75) is 23.7 Å². The Bertz CT molecular complexity index is 1200. The third-order valence-electron chi connectivity index (χ3n) is 4.49. The van der Waals surface area contributed by atoms with E-state index in [-0.39, 0.29) is 21.3 Å². The van der Waals surface area contributed by atoms with Crippen LogP contribution in [0.25, 0.3) is 0 Å². The molecule has 0 saturated carbocycles. The summed E-state index contributed by atoms with van der Waals surface area (Å²) in [5.74, 6) is -1.33. The van der Waals surface area contributed by atoms with Crippen molar-refractivity contribution in [3.8, 4) is 11.5 Å². The van der Waals surface area contributed by atoms with E-state index in [4.69, 9.17) is 32.8 Å². The summed E-state index contributed by atoms with van der Waals surface area (Å²) >= 11 is 11.7. The standard InChI is InChI=1S/C18H11Cl2F6NO5S/c1-30-15-4-9(2-3-14(15)31-33(28,29)18(24,25)26)13-8-16(32-27-13,17(21,22)23)10-5-11(19)7-12(20)6-10/h2-7H,8H2,1H3. The lowest BCUT2D eigenvalue weighted by atomic mass is 9.86. The smallest absolute Gasteiger partial charge is 0.493 e. The largest absolute Gasteiger partial charge is 0.534 e. The lowest BCUT2D eigenvalue weighted by Crippen LogP contribution is -2.42. The molecule has 0 fully saturated rings. The minimum Gasteiger partial charge on any atom is -0.493 e. The van der Waals surface area contributed by atoms with Gasteiger partial charge in [0.05, 0.1) is 12.8 Å². The van der Waals surface area contributed by atoms with Gasteiger partial charge in [-0.05, 0) is 36.4 Å². The number of rotatable bonds is 5. The van der Waals surface area contributed by atoms with Crippen molar-refractivity contribution in [1.29, 1.82) is 0 Å². The highest BCUT2D eigenvalue weighted by Crippen LogP contribution is 2.50. The molecular weight excluding hydrogens is 527 g/mol. The Balaban J connectivity index is 1.98. The van der Waals surface area contributed by atoms with E-state index in [1.165, 1.54) is 6.07 Å². The Morgan fingerprint density at radius 3 is 2.12 bits per heavy atom. The Kier molecular flexibility index (Phi) is 6.46. The van der Waals surface area contributed by atoms with Gasteiger partial charge in [-0.25, -0.2) is 0 Å². The van der Waals surface area contributed by atoms with Crippen molar-refractivity contribution in [1.82, 2.24) is 0 Å². The molecule has 1 atom stereocenters. The summed E-state index contributed by atoms with van der Waals surface area (Å²) in [5.41, 5.74) is -9.38. The number of benzene rings is 2. The maximum absolute atomic E-state index is 14.1. The number of hydrogen-bond donors (Lipinski definition) is 0. The van der Waals surface area contributed by atoms with E-state index in [9.17, 15) is 34.8 Å². The number of methoxy groups -OCH3 is 1. The molecule has 0 amide bonds. The Hall–Kier alpha value is -2.38. The minimum absolute atomic E-state index is 0.0529. The van der Waals surface area contributed by atoms with E-state index in [0.29, 0.717) is 0 Å². The van der Waals surface area contributed by atoms with Crippen molar-refractivity contribution >= 4 is 39.0 Å². The molecule has 2 aromatic rings. The van der Waals surface area contributed by atoms with Crippen molar-refractivity contribution in [2.24, 2.45) is 5.16 Å². The number of nitrogens with zero attached hydrogens (tertiary/aromatic N) is 1. The van der Waals surface area contributed by atoms with Gasteiger partial charge in [0.15, 0.2) is 11.5 Å². The third-order valence-corrected chi connectivity index (χ3v) is 5.90. The molecule has 0 radical (unpaired) electrons. The van der Waals surface area contributed by atoms with Crippen LogP contribution in [-0.2, 0) is 20.6 Å². The molecule has 3 rings (SSSR count). The van der Waals surface area contributed by atoms with Crippen LogP contribution in [0.1, 0.15) is 17.5 Å². The summed E-state index contributed by atoms with van der Waals surface area (Å²) in [6.45, 7) is 0. The molecule has 1 aliphatic heterocycles. The Labute approximate surface area is 192 Å². The molecule has 0 aliphatic carbocycles. The van der Waals surface area contributed by atoms with Crippen molar-refractivity contribution < 1.29 is 48.5 Å². The minimum atomic E-state index is -6.01. The number of oxime groups is 1. The highest BCUT2D eigenvalue weighted by Gasteiger charge is 2.62. The molecule has 0 spiro atoms. The summed E-state index contributed by atoms with van der Waals surface area (Å²) in [7, 11) is -5.01. The molecule has 6 nitrogen and oxygen atoms in total. The van der Waals surface area contributed by atoms with E-state index in [0.717, 1.165) is 37.4 Å². The fourth-order valence-electron chi connectivity index (χ4n) is 2.93. The Morgan fingerprint density at radius 2 is 1.61 bits per heavy atom. The van der Waals surface area contributed by atoms with Crippen molar-refractivity contribution in [3.05, 3.63) is 57.6 Å². The summed E-state index contributed by atoms with van der Waals surface area (Å²) in [5, 5.41) is 3.34. The fourth-order valence-corrected chi connectivity index (χ4v) is 3.92. The first-order valence-electron chi connectivity index (χ1n) is 8.57. The first-order chi connectivity index (χ1) is 15.1. The molecule has 0 saturated heterocycles. The highest BCUT2D eigenvalue weighted by molar-refractivity contribution is 7.88. The van der Waals surface area contributed by atoms with Gasteiger partial charge in [0.1, 0.15) is 0 Å². The van der Waals surface area contributed by atoms with Gasteiger partial charge in [0.2, 0.25) is 0 Å². The molecule has 0 aromatic heterocycles. The molecule has 0 N–H and O–H groups in total. The van der Waals surface area contributed by atoms with Gasteiger partial charge in [-0.2, -0.15) is 34.8 Å². The molecule has 2 aromatic carbocycles. The van der Waals surface area contributed by atoms with Crippen LogP contribution in [0, 0.1) is 0 Å². The molecule has 0 bridgehead atoms. The number of hydrogen-bond acceptors (Lipinski definition) is 6. The molecule has 33 heavy (non-hydrogen) atoms. The van der Waals surface area contributed by atoms with Gasteiger partial charge in [-0.1, -0.05) is 28.4 Å². The van der Waals surface area contributed by atoms with Gasteiger partial charge in [-0.15, -0.1) is 0 Å². The fraction of sp³-hybridized carbons (Fsp3) is 0.278. The number of alkyl halides is 6. The monoisotopic (exact) mass is 537 g/mol. The molecule has 15 heteroatoms. The summed E-state index contributed by atoms with van der Waals surface area (Å²) < 4.78 is 111. The average Bonchev–Trinajstić information content (AvgIpc) is 3.13. The maximum Gasteiger partial charge on any atom is 0.534 e. The number of halogens is 8. The van der Waals surface area contributed by atoms with Crippen LogP contribution in [0.4, 0.5) is 26.3 Å². The second-order valence-corrected chi connectivity index (χ2v) is 9.05. The molecule has 1 heterocycles. The Morgan fingerprint density at radius 1 is 1.00 bits per heavy atom. The van der Waals surface area contributed by atoms with E-state index < -0.39 is 50.9 Å². The van der Waals surface area contributed by atoms with Gasteiger partial charge in [0.25, 0.3) is 5.60 Å². The van der Waals surface area contributed by atoms with Crippen molar-refractivity contribution in [2.75, 3.05) is 7.11 Å². The van der Waals surface area contributed by atoms with Crippen LogP contribution in [0.2, 0.25) is 10.0 Å². The third kappa shape index (κ3) is 4.80. The summed E-state index contributed by atoms with van der Waals surface area (Å²) in [4.78, 5) is 4.83. The van der Waals surface area contributed by atoms with Gasteiger partial charge < -0.3 is 13.8 Å². The van der Waals surface area contributed by atoms with Gasteiger partial charge in [-0.3, -0.25) is 0 Å². The predicted molar refractivity (Wildman–Crippen MR) is 105 cm³/mol. The van der Waals surface area contributed by atoms with E-state index in [1.54, 1.807) is 0 Å². The van der Waals surface area contributed by atoms with Gasteiger partial charge >= 0.3 is 21.8 Å². The highest BCUT2D eigenvalue weighted by atomic mass is 35.5. The van der Waals surface area contributed by atoms with Crippen molar-refractivity contribution in [3.63, 3.8) is 0 Å². The van der Waals surface area contributed by atoms with Crippen LogP contribution in [-0.4, -0.2) is 32.9 Å². The first kappa shape index (κ1) is 25.2. The lowest BCUT2D eigenvalue weighted by Gasteiger charge is -2.29. The van der Waals surface area contributed by atoms with Crippen LogP contribution in [0.5, 0.6) is 11.5 Å². The van der Waals surface area contributed by atoms with E-state index in [2.05, 4.69) is 9.34 Å². The SMILES string of the molecule is COc1cc(C2=NOC(c3cc(Cl)cc(Cl)c3)(C(F)(F)F)C2)ccc1OS(=O)(=O)C(F)(F)F. The zero-order valence-corrected chi connectivity index (χ0v) is 18.4. The first-order valence-corrected chi connectivity index (χ1v) is 10.7. The normalized spacial score (nSPS) is 19.1. The summed E-state index contributed by atoms with van der Waals surface area (Å²) in [6.07, 6.45) is -5.82. The zero-order chi connectivity index (χ0) is 24.8. The second kappa shape index (κ2) is 8.44. The lowest BCUT2D eigenvalue weighted by molar-refractivity contribution is -0.275. The van der Waals surface area contributed by atoms with Crippen LogP contribution in [0.15, 0.2) is 41.6 Å². The molecule has 1 unspecified atom stereocenters. The zero-order valence-electron chi connectivity index (χ0n) is 16.1. The molecule has 180 valence electrons. The number of ether oxygens (including phenoxy) is 1. The van der Waals surface area contributed by atoms with Crippen LogP contribution in [0.3, 0.4) is 0 Å². The topological polar surface area (TPSA) is 74.2 Å². The molecule has 1 aliphatic rings. The predicted octanol–water partition coefficient (Wildman–Crippen LogP) is 5.81. The average molecular weight is 538 g/mol. The van der Waals surface area contributed by atoms with Crippen LogP contribution < -0.4 is 8.92 Å². The van der Waals surface area contributed by atoms with Crippen LogP contribution >= 0.6 is 23.2 Å². The molecular formula is C18H11Cl2F6NO5S. The van der Waals surface area contributed by atoms with Gasteiger partial charge in [0, 0.05) is 27.6 Å².